The van der Waals surface area contributed by atoms with Gasteiger partial charge in [0.2, 0.25) is 5.69 Å². The maximum absolute atomic E-state index is 11.7. The van der Waals surface area contributed by atoms with Crippen LogP contribution in [-0.4, -0.2) is 23.0 Å². The molecule has 172 valence electrons. The Labute approximate surface area is 194 Å². The van der Waals surface area contributed by atoms with E-state index in [4.69, 9.17) is 9.62 Å². The van der Waals surface area contributed by atoms with Gasteiger partial charge < -0.3 is 14.8 Å². The van der Waals surface area contributed by atoms with Crippen molar-refractivity contribution in [2.45, 2.75) is 41.5 Å². The standard InChI is InChI=1S/C12H13NO2.C8H8O.C4H7NO2.ClH/c1-8-4-6-11(7-5-8)12-13(14)9(2)10(3)15-12;1-7-2-4-8(6-9)5-3-7;1-3(5-7)4(2)6;/h4-7H,1-3H3;2-6H,1H3;7H,1-2H3;1H/b;;5-3+;. The quantitative estimate of drug-likeness (QED) is 0.145. The SMILES string of the molecule is CC(=O)/C(C)=N/O.Cc1ccc(-c2oc(C)c(C)[n+]2[O-])cc1.Cc1ccc(C=O)cc1.Cl. The minimum absolute atomic E-state index is 0. The van der Waals surface area contributed by atoms with E-state index >= 15 is 0 Å². The van der Waals surface area contributed by atoms with Crippen molar-refractivity contribution in [3.05, 3.63) is 81.9 Å². The lowest BCUT2D eigenvalue weighted by atomic mass is 10.1. The van der Waals surface area contributed by atoms with E-state index in [9.17, 15) is 14.8 Å². The van der Waals surface area contributed by atoms with Crippen LogP contribution in [0.2, 0.25) is 0 Å². The molecule has 0 saturated heterocycles. The number of hydrogen-bond acceptors (Lipinski definition) is 6. The number of aryl methyl sites for hydroxylation is 3. The molecule has 0 aliphatic rings. The molecule has 8 heteroatoms. The lowest BCUT2D eigenvalue weighted by Gasteiger charge is -1.97. The monoisotopic (exact) mass is 460 g/mol. The zero-order valence-electron chi connectivity index (χ0n) is 19.1. The average Bonchev–Trinajstić information content (AvgIpc) is 3.02. The lowest BCUT2D eigenvalue weighted by Crippen LogP contribution is -2.29. The van der Waals surface area contributed by atoms with Gasteiger partial charge in [-0.2, -0.15) is 0 Å². The molecule has 7 nitrogen and oxygen atoms in total. The third kappa shape index (κ3) is 8.73. The molecule has 0 radical (unpaired) electrons. The van der Waals surface area contributed by atoms with Gasteiger partial charge in [0, 0.05) is 26.3 Å². The van der Waals surface area contributed by atoms with Crippen LogP contribution in [0.3, 0.4) is 0 Å². The van der Waals surface area contributed by atoms with E-state index in [0.717, 1.165) is 27.7 Å². The molecule has 0 bridgehead atoms. The minimum Gasteiger partial charge on any atom is -0.616 e. The van der Waals surface area contributed by atoms with Gasteiger partial charge in [-0.3, -0.25) is 9.59 Å². The minimum atomic E-state index is -0.206. The number of aromatic nitrogens is 1. The highest BCUT2D eigenvalue weighted by Gasteiger charge is 2.19. The second-order valence-electron chi connectivity index (χ2n) is 6.98. The Morgan fingerprint density at radius 3 is 1.75 bits per heavy atom. The van der Waals surface area contributed by atoms with Gasteiger partial charge in [-0.15, -0.1) is 17.1 Å². The van der Waals surface area contributed by atoms with Gasteiger partial charge >= 0.3 is 5.89 Å². The predicted molar refractivity (Wildman–Crippen MR) is 127 cm³/mol. The van der Waals surface area contributed by atoms with Crippen LogP contribution in [0.15, 0.2) is 58.1 Å². The van der Waals surface area contributed by atoms with Crippen molar-refractivity contribution in [2.24, 2.45) is 5.16 Å². The molecule has 1 N–H and O–H groups in total. The fraction of sp³-hybridized carbons (Fsp3) is 0.250. The Morgan fingerprint density at radius 2 is 1.44 bits per heavy atom. The highest BCUT2D eigenvalue weighted by Crippen LogP contribution is 2.19. The van der Waals surface area contributed by atoms with Crippen LogP contribution in [0.4, 0.5) is 0 Å². The van der Waals surface area contributed by atoms with Crippen LogP contribution in [0.1, 0.15) is 46.8 Å². The van der Waals surface area contributed by atoms with E-state index < -0.39 is 0 Å². The Balaban J connectivity index is 0.000000487. The van der Waals surface area contributed by atoms with E-state index in [2.05, 4.69) is 5.16 Å². The molecule has 0 saturated carbocycles. The first-order valence-electron chi connectivity index (χ1n) is 9.58. The Morgan fingerprint density at radius 1 is 0.969 bits per heavy atom. The summed E-state index contributed by atoms with van der Waals surface area (Å²) in [6, 6.07) is 15.2. The molecule has 32 heavy (non-hydrogen) atoms. The summed E-state index contributed by atoms with van der Waals surface area (Å²) in [5.41, 5.74) is 4.65. The van der Waals surface area contributed by atoms with E-state index in [-0.39, 0.29) is 23.9 Å². The molecule has 3 aromatic rings. The molecule has 1 heterocycles. The first-order valence-corrected chi connectivity index (χ1v) is 9.58. The smallest absolute Gasteiger partial charge is 0.392 e. The first kappa shape index (κ1) is 28.5. The number of Topliss-reactive ketones (excluding diaryl/α,β-unsaturated/α-hetero) is 1. The third-order valence-corrected chi connectivity index (χ3v) is 4.42. The first-order chi connectivity index (χ1) is 14.6. The second kappa shape index (κ2) is 13.8. The summed E-state index contributed by atoms with van der Waals surface area (Å²) in [5, 5.41) is 22.2. The number of carbonyl (C=O) groups excluding carboxylic acids is 2. The molecular formula is C24H29ClN2O5. The summed E-state index contributed by atoms with van der Waals surface area (Å²) in [6.07, 6.45) is 0.847. The predicted octanol–water partition coefficient (Wildman–Crippen LogP) is 5.16. The molecule has 0 spiro atoms. The van der Waals surface area contributed by atoms with Crippen LogP contribution in [0.5, 0.6) is 0 Å². The van der Waals surface area contributed by atoms with Crippen molar-refractivity contribution >= 4 is 30.2 Å². The van der Waals surface area contributed by atoms with Crippen LogP contribution in [-0.2, 0) is 4.79 Å². The second-order valence-corrected chi connectivity index (χ2v) is 6.98. The summed E-state index contributed by atoms with van der Waals surface area (Å²) in [4.78, 5) is 20.2. The van der Waals surface area contributed by atoms with Gasteiger partial charge in [0.1, 0.15) is 12.0 Å². The summed E-state index contributed by atoms with van der Waals surface area (Å²) in [6.45, 7) is 10.3. The maximum Gasteiger partial charge on any atom is 0.392 e. The highest BCUT2D eigenvalue weighted by molar-refractivity contribution is 6.37. The van der Waals surface area contributed by atoms with Crippen LogP contribution < -0.4 is 4.73 Å². The topological polar surface area (TPSA) is 107 Å². The number of ketones is 1. The Kier molecular flexibility index (Phi) is 12.3. The van der Waals surface area contributed by atoms with Crippen LogP contribution >= 0.6 is 12.4 Å². The number of rotatable bonds is 3. The van der Waals surface area contributed by atoms with Gasteiger partial charge in [-0.25, -0.2) is 0 Å². The van der Waals surface area contributed by atoms with E-state index in [1.807, 2.05) is 62.4 Å². The number of halogens is 1. The summed E-state index contributed by atoms with van der Waals surface area (Å²) < 4.78 is 6.25. The van der Waals surface area contributed by atoms with Crippen molar-refractivity contribution < 1.29 is 23.9 Å². The van der Waals surface area contributed by atoms with E-state index in [1.54, 1.807) is 13.8 Å². The lowest BCUT2D eigenvalue weighted by molar-refractivity contribution is -0.602. The van der Waals surface area contributed by atoms with Gasteiger partial charge in [0.25, 0.3) is 0 Å². The molecule has 0 fully saturated rings. The van der Waals surface area contributed by atoms with Gasteiger partial charge in [-0.05, 0) is 32.9 Å². The molecule has 0 aliphatic heterocycles. The Hall–Kier alpha value is -3.45. The van der Waals surface area contributed by atoms with Gasteiger partial charge in [0.05, 0.1) is 5.56 Å². The van der Waals surface area contributed by atoms with Crippen molar-refractivity contribution in [3.63, 3.8) is 0 Å². The molecule has 1 aromatic heterocycles. The van der Waals surface area contributed by atoms with Crippen molar-refractivity contribution in [1.82, 2.24) is 0 Å². The number of nitrogens with zero attached hydrogens (tertiary/aromatic N) is 2. The number of benzene rings is 2. The fourth-order valence-corrected chi connectivity index (χ4v) is 2.14. The van der Waals surface area contributed by atoms with E-state index in [0.29, 0.717) is 17.3 Å². The number of carbonyl (C=O) groups is 2. The number of aldehydes is 1. The zero-order valence-corrected chi connectivity index (χ0v) is 19.9. The molecule has 3 rings (SSSR count). The molecule has 0 amide bonds. The van der Waals surface area contributed by atoms with Crippen molar-refractivity contribution in [3.8, 4) is 11.5 Å². The highest BCUT2D eigenvalue weighted by atomic mass is 35.5. The summed E-state index contributed by atoms with van der Waals surface area (Å²) in [5.74, 6) is 0.827. The number of oxazole rings is 1. The average molecular weight is 461 g/mol. The number of oxime groups is 1. The van der Waals surface area contributed by atoms with Gasteiger partial charge in [0.15, 0.2) is 11.5 Å². The molecule has 0 atom stereocenters. The molecule has 0 aliphatic carbocycles. The summed E-state index contributed by atoms with van der Waals surface area (Å²) in [7, 11) is 0. The largest absolute Gasteiger partial charge is 0.616 e. The Bertz CT molecular complexity index is 1040. The summed E-state index contributed by atoms with van der Waals surface area (Å²) >= 11 is 0. The normalized spacial score (nSPS) is 10.0. The van der Waals surface area contributed by atoms with Gasteiger partial charge in [-0.1, -0.05) is 52.7 Å². The maximum atomic E-state index is 11.7. The third-order valence-electron chi connectivity index (χ3n) is 4.42. The van der Waals surface area contributed by atoms with Crippen molar-refractivity contribution in [2.75, 3.05) is 0 Å². The number of hydrogen-bond donors (Lipinski definition) is 1. The van der Waals surface area contributed by atoms with Crippen molar-refractivity contribution in [1.29, 1.82) is 0 Å². The zero-order chi connectivity index (χ0) is 23.6. The molecule has 0 unspecified atom stereocenters. The van der Waals surface area contributed by atoms with Crippen LogP contribution in [0, 0.1) is 32.9 Å². The van der Waals surface area contributed by atoms with Crippen LogP contribution in [0.25, 0.3) is 11.5 Å². The fourth-order valence-electron chi connectivity index (χ4n) is 2.14. The molecular weight excluding hydrogens is 432 g/mol. The molecule has 2 aromatic carbocycles. The van der Waals surface area contributed by atoms with E-state index in [1.165, 1.54) is 19.4 Å².